The lowest BCUT2D eigenvalue weighted by atomic mass is 10.1. The molecule has 1 aliphatic rings. The van der Waals surface area contributed by atoms with Gasteiger partial charge in [-0.2, -0.15) is 0 Å². The Kier molecular flexibility index (Phi) is 6.43. The third-order valence-corrected chi connectivity index (χ3v) is 6.17. The Morgan fingerprint density at radius 2 is 1.73 bits per heavy atom. The van der Waals surface area contributed by atoms with Gasteiger partial charge < -0.3 is 14.2 Å². The number of methoxy groups -OCH3 is 3. The number of thiophene rings is 1. The van der Waals surface area contributed by atoms with Crippen LogP contribution < -0.4 is 14.2 Å². The van der Waals surface area contributed by atoms with Crippen molar-refractivity contribution in [1.82, 2.24) is 4.90 Å². The highest BCUT2D eigenvalue weighted by Gasteiger charge is 2.25. The van der Waals surface area contributed by atoms with Crippen LogP contribution in [-0.2, 0) is 6.54 Å². The van der Waals surface area contributed by atoms with E-state index < -0.39 is 0 Å². The van der Waals surface area contributed by atoms with Gasteiger partial charge in [-0.1, -0.05) is 12.8 Å². The van der Waals surface area contributed by atoms with Gasteiger partial charge in [0.2, 0.25) is 5.75 Å². The fourth-order valence-corrected chi connectivity index (χ4v) is 4.82. The second kappa shape index (κ2) is 8.78. The van der Waals surface area contributed by atoms with E-state index in [1.807, 2.05) is 11.3 Å². The molecule has 1 unspecified atom stereocenters. The second-order valence-corrected chi connectivity index (χ2v) is 8.14. The van der Waals surface area contributed by atoms with E-state index in [2.05, 4.69) is 36.1 Å². The van der Waals surface area contributed by atoms with Crippen LogP contribution in [0.4, 0.5) is 0 Å². The zero-order valence-electron chi connectivity index (χ0n) is 16.2. The van der Waals surface area contributed by atoms with Gasteiger partial charge in [0, 0.05) is 22.3 Å². The lowest BCUT2D eigenvalue weighted by molar-refractivity contribution is 0.194. The Morgan fingerprint density at radius 1 is 1.00 bits per heavy atom. The summed E-state index contributed by atoms with van der Waals surface area (Å²) in [5.74, 6) is 2.10. The molecule has 1 saturated heterocycles. The molecule has 0 spiro atoms. The average molecular weight is 376 g/mol. The lowest BCUT2D eigenvalue weighted by Crippen LogP contribution is -2.27. The maximum absolute atomic E-state index is 5.53. The summed E-state index contributed by atoms with van der Waals surface area (Å²) in [6, 6.07) is 9.18. The molecule has 0 amide bonds. The van der Waals surface area contributed by atoms with Crippen LogP contribution in [0, 0.1) is 6.92 Å². The highest BCUT2D eigenvalue weighted by molar-refractivity contribution is 7.12. The van der Waals surface area contributed by atoms with Crippen LogP contribution in [0.3, 0.4) is 0 Å². The zero-order valence-corrected chi connectivity index (χ0v) is 17.0. The summed E-state index contributed by atoms with van der Waals surface area (Å²) in [7, 11) is 4.98. The maximum Gasteiger partial charge on any atom is 0.203 e. The van der Waals surface area contributed by atoms with Gasteiger partial charge in [0.05, 0.1) is 21.3 Å². The minimum atomic E-state index is 0.496. The molecule has 2 heterocycles. The molecular weight excluding hydrogens is 346 g/mol. The van der Waals surface area contributed by atoms with E-state index in [1.54, 1.807) is 21.3 Å². The smallest absolute Gasteiger partial charge is 0.203 e. The molecule has 0 radical (unpaired) electrons. The normalized spacial score (nSPS) is 18.4. The van der Waals surface area contributed by atoms with Crippen molar-refractivity contribution in [1.29, 1.82) is 0 Å². The zero-order chi connectivity index (χ0) is 18.5. The minimum absolute atomic E-state index is 0.496. The van der Waals surface area contributed by atoms with Crippen molar-refractivity contribution in [2.75, 3.05) is 27.9 Å². The van der Waals surface area contributed by atoms with Crippen molar-refractivity contribution in [2.24, 2.45) is 0 Å². The fourth-order valence-electron chi connectivity index (χ4n) is 3.77. The third-order valence-electron chi connectivity index (χ3n) is 5.06. The summed E-state index contributed by atoms with van der Waals surface area (Å²) in [6.07, 6.45) is 5.09. The number of nitrogens with zero attached hydrogens (tertiary/aromatic N) is 1. The number of hydrogen-bond acceptors (Lipinski definition) is 5. The first-order valence-corrected chi connectivity index (χ1v) is 10.1. The van der Waals surface area contributed by atoms with Gasteiger partial charge in [-0.25, -0.2) is 0 Å². The Balaban J connectivity index is 1.89. The van der Waals surface area contributed by atoms with Gasteiger partial charge in [0.15, 0.2) is 11.5 Å². The van der Waals surface area contributed by atoms with Gasteiger partial charge >= 0.3 is 0 Å². The maximum atomic E-state index is 5.53. The van der Waals surface area contributed by atoms with Gasteiger partial charge in [-0.15, -0.1) is 11.3 Å². The Hall–Kier alpha value is -1.72. The molecule has 3 rings (SSSR count). The molecule has 0 saturated carbocycles. The molecule has 0 N–H and O–H groups in total. The van der Waals surface area contributed by atoms with E-state index in [4.69, 9.17) is 14.2 Å². The SMILES string of the molecule is COc1cc(CN2CCCCCC2c2ccc(C)s2)cc(OC)c1OC. The molecule has 0 bridgehead atoms. The van der Waals surface area contributed by atoms with Crippen molar-refractivity contribution < 1.29 is 14.2 Å². The first-order valence-electron chi connectivity index (χ1n) is 9.25. The van der Waals surface area contributed by atoms with Crippen molar-refractivity contribution in [2.45, 2.75) is 45.2 Å². The van der Waals surface area contributed by atoms with Gasteiger partial charge in [0.1, 0.15) is 0 Å². The van der Waals surface area contributed by atoms with Crippen LogP contribution in [-0.4, -0.2) is 32.8 Å². The molecule has 5 heteroatoms. The van der Waals surface area contributed by atoms with Crippen molar-refractivity contribution in [3.63, 3.8) is 0 Å². The fraction of sp³-hybridized carbons (Fsp3) is 0.524. The first kappa shape index (κ1) is 19.1. The molecule has 0 aliphatic carbocycles. The molecule has 142 valence electrons. The monoisotopic (exact) mass is 375 g/mol. The number of rotatable bonds is 6. The summed E-state index contributed by atoms with van der Waals surface area (Å²) in [5.41, 5.74) is 1.19. The average Bonchev–Trinajstić information content (AvgIpc) is 2.95. The Morgan fingerprint density at radius 3 is 2.31 bits per heavy atom. The van der Waals surface area contributed by atoms with E-state index in [-0.39, 0.29) is 0 Å². The van der Waals surface area contributed by atoms with Crippen LogP contribution in [0.25, 0.3) is 0 Å². The summed E-state index contributed by atoms with van der Waals surface area (Å²) in [5, 5.41) is 0. The Bertz CT molecular complexity index is 703. The first-order chi connectivity index (χ1) is 12.7. The predicted molar refractivity (Wildman–Crippen MR) is 107 cm³/mol. The van der Waals surface area contributed by atoms with Gasteiger partial charge in [0.25, 0.3) is 0 Å². The van der Waals surface area contributed by atoms with E-state index in [0.29, 0.717) is 11.8 Å². The van der Waals surface area contributed by atoms with E-state index >= 15 is 0 Å². The highest BCUT2D eigenvalue weighted by Crippen LogP contribution is 2.40. The molecule has 2 aromatic rings. The van der Waals surface area contributed by atoms with Gasteiger partial charge in [-0.05, 0) is 56.1 Å². The minimum Gasteiger partial charge on any atom is -0.493 e. The molecule has 1 fully saturated rings. The van der Waals surface area contributed by atoms with Crippen molar-refractivity contribution in [3.05, 3.63) is 39.6 Å². The molecule has 1 atom stereocenters. The summed E-state index contributed by atoms with van der Waals surface area (Å²) < 4.78 is 16.5. The number of ether oxygens (including phenoxy) is 3. The molecule has 1 aromatic heterocycles. The number of aryl methyl sites for hydroxylation is 1. The number of likely N-dealkylation sites (tertiary alicyclic amines) is 1. The quantitative estimate of drug-likeness (QED) is 0.694. The number of benzene rings is 1. The lowest BCUT2D eigenvalue weighted by Gasteiger charge is -2.29. The van der Waals surface area contributed by atoms with Gasteiger partial charge in [-0.3, -0.25) is 4.90 Å². The molecular formula is C21H29NO3S. The van der Waals surface area contributed by atoms with Crippen LogP contribution in [0.15, 0.2) is 24.3 Å². The Labute approximate surface area is 160 Å². The topological polar surface area (TPSA) is 30.9 Å². The summed E-state index contributed by atoms with van der Waals surface area (Å²) in [4.78, 5) is 5.48. The molecule has 4 nitrogen and oxygen atoms in total. The number of hydrogen-bond donors (Lipinski definition) is 0. The van der Waals surface area contributed by atoms with Crippen LogP contribution in [0.1, 0.15) is 47.0 Å². The van der Waals surface area contributed by atoms with Crippen LogP contribution in [0.5, 0.6) is 17.2 Å². The highest BCUT2D eigenvalue weighted by atomic mass is 32.1. The predicted octanol–water partition coefficient (Wildman–Crippen LogP) is 5.20. The van der Waals surface area contributed by atoms with E-state index in [1.165, 1.54) is 41.0 Å². The van der Waals surface area contributed by atoms with Crippen molar-refractivity contribution in [3.8, 4) is 17.2 Å². The molecule has 26 heavy (non-hydrogen) atoms. The molecule has 1 aliphatic heterocycles. The third kappa shape index (κ3) is 4.15. The van der Waals surface area contributed by atoms with Crippen molar-refractivity contribution >= 4 is 11.3 Å². The van der Waals surface area contributed by atoms with E-state index in [9.17, 15) is 0 Å². The second-order valence-electron chi connectivity index (χ2n) is 6.82. The van der Waals surface area contributed by atoms with Crippen LogP contribution >= 0.6 is 11.3 Å². The largest absolute Gasteiger partial charge is 0.493 e. The summed E-state index contributed by atoms with van der Waals surface area (Å²) in [6.45, 7) is 4.20. The standard InChI is InChI=1S/C21H29NO3S/c1-15-9-10-20(26-15)17-8-6-5-7-11-22(17)14-16-12-18(23-2)21(25-4)19(13-16)24-3/h9-10,12-13,17H,5-8,11,14H2,1-4H3. The van der Waals surface area contributed by atoms with E-state index in [0.717, 1.165) is 24.6 Å². The summed E-state index contributed by atoms with van der Waals surface area (Å²) >= 11 is 1.93. The molecule has 1 aromatic carbocycles. The van der Waals surface area contributed by atoms with Crippen LogP contribution in [0.2, 0.25) is 0 Å².